The van der Waals surface area contributed by atoms with E-state index in [9.17, 15) is 14.7 Å². The summed E-state index contributed by atoms with van der Waals surface area (Å²) >= 11 is 3.30. The second kappa shape index (κ2) is 5.97. The Morgan fingerprint density at radius 3 is 2.52 bits per heavy atom. The third-order valence-electron chi connectivity index (χ3n) is 2.99. The van der Waals surface area contributed by atoms with Crippen molar-refractivity contribution in [2.75, 3.05) is 17.7 Å². The van der Waals surface area contributed by atoms with Crippen molar-refractivity contribution < 1.29 is 14.7 Å². The second-order valence-corrected chi connectivity index (χ2v) is 5.37. The molecule has 0 radical (unpaired) electrons. The van der Waals surface area contributed by atoms with Gasteiger partial charge in [-0.2, -0.15) is 0 Å². The third-order valence-corrected chi connectivity index (χ3v) is 3.48. The summed E-state index contributed by atoms with van der Waals surface area (Å²) in [6, 6.07) is 11.3. The molecule has 0 saturated carbocycles. The van der Waals surface area contributed by atoms with Gasteiger partial charge in [0.1, 0.15) is 0 Å². The number of benzene rings is 2. The maximum absolute atomic E-state index is 12.4. The first-order chi connectivity index (χ1) is 9.90. The Kier molecular flexibility index (Phi) is 4.28. The van der Waals surface area contributed by atoms with Gasteiger partial charge >= 0.3 is 5.97 Å². The van der Waals surface area contributed by atoms with Crippen LogP contribution in [0.4, 0.5) is 11.4 Å². The molecule has 0 aliphatic rings. The Bertz CT molecular complexity index is 716. The SMILES string of the molecule is CN(C(=O)c1cccc(Br)c1)c1ccc(N)cc1C(=O)O. The number of aromatic carboxylic acids is 1. The van der Waals surface area contributed by atoms with E-state index in [-0.39, 0.29) is 11.5 Å². The quantitative estimate of drug-likeness (QED) is 0.835. The normalized spacial score (nSPS) is 10.2. The van der Waals surface area contributed by atoms with Gasteiger partial charge in [0.2, 0.25) is 0 Å². The molecule has 0 atom stereocenters. The van der Waals surface area contributed by atoms with Gasteiger partial charge in [0.25, 0.3) is 5.91 Å². The topological polar surface area (TPSA) is 83.6 Å². The van der Waals surface area contributed by atoms with Crippen molar-refractivity contribution in [2.24, 2.45) is 0 Å². The number of nitrogens with two attached hydrogens (primary N) is 1. The van der Waals surface area contributed by atoms with Crippen LogP contribution in [0.5, 0.6) is 0 Å². The van der Waals surface area contributed by atoms with Crippen molar-refractivity contribution in [3.8, 4) is 0 Å². The van der Waals surface area contributed by atoms with E-state index >= 15 is 0 Å². The van der Waals surface area contributed by atoms with E-state index in [1.54, 1.807) is 24.3 Å². The van der Waals surface area contributed by atoms with Crippen LogP contribution in [0.25, 0.3) is 0 Å². The molecule has 0 unspecified atom stereocenters. The lowest BCUT2D eigenvalue weighted by molar-refractivity contribution is 0.0698. The predicted molar refractivity (Wildman–Crippen MR) is 84.7 cm³/mol. The van der Waals surface area contributed by atoms with Crippen LogP contribution in [0.15, 0.2) is 46.9 Å². The van der Waals surface area contributed by atoms with Crippen LogP contribution < -0.4 is 10.6 Å². The molecule has 21 heavy (non-hydrogen) atoms. The number of carbonyl (C=O) groups excluding carboxylic acids is 1. The fraction of sp³-hybridized carbons (Fsp3) is 0.0667. The van der Waals surface area contributed by atoms with Gasteiger partial charge < -0.3 is 15.7 Å². The standard InChI is InChI=1S/C15H13BrN2O3/c1-18(14(19)9-3-2-4-10(16)7-9)13-6-5-11(17)8-12(13)15(20)21/h2-8H,17H2,1H3,(H,20,21). The number of rotatable bonds is 3. The number of carboxylic acids is 1. The van der Waals surface area contributed by atoms with Gasteiger partial charge in [0.15, 0.2) is 0 Å². The summed E-state index contributed by atoms with van der Waals surface area (Å²) in [4.78, 5) is 25.0. The molecule has 0 bridgehead atoms. The first-order valence-corrected chi connectivity index (χ1v) is 6.86. The number of carboxylic acid groups (broad SMARTS) is 1. The van der Waals surface area contributed by atoms with Crippen molar-refractivity contribution >= 4 is 39.2 Å². The zero-order valence-corrected chi connectivity index (χ0v) is 12.8. The Morgan fingerprint density at radius 2 is 1.90 bits per heavy atom. The molecule has 0 spiro atoms. The van der Waals surface area contributed by atoms with E-state index < -0.39 is 5.97 Å². The number of hydrogen-bond acceptors (Lipinski definition) is 3. The molecule has 2 rings (SSSR count). The molecule has 1 amide bonds. The van der Waals surface area contributed by atoms with Crippen molar-refractivity contribution in [1.82, 2.24) is 0 Å². The number of nitrogens with zero attached hydrogens (tertiary/aromatic N) is 1. The number of nitrogen functional groups attached to an aromatic ring is 1. The molecule has 0 saturated heterocycles. The van der Waals surface area contributed by atoms with Gasteiger partial charge in [-0.3, -0.25) is 4.79 Å². The van der Waals surface area contributed by atoms with Gasteiger partial charge in [0, 0.05) is 22.8 Å². The summed E-state index contributed by atoms with van der Waals surface area (Å²) in [6.45, 7) is 0. The fourth-order valence-electron chi connectivity index (χ4n) is 1.94. The minimum Gasteiger partial charge on any atom is -0.478 e. The van der Waals surface area contributed by atoms with E-state index in [2.05, 4.69) is 15.9 Å². The molecule has 3 N–H and O–H groups in total. The highest BCUT2D eigenvalue weighted by molar-refractivity contribution is 9.10. The maximum Gasteiger partial charge on any atom is 0.337 e. The number of carbonyl (C=O) groups is 2. The van der Waals surface area contributed by atoms with E-state index in [1.807, 2.05) is 6.07 Å². The summed E-state index contributed by atoms with van der Waals surface area (Å²) in [6.07, 6.45) is 0. The molecule has 5 nitrogen and oxygen atoms in total. The fourth-order valence-corrected chi connectivity index (χ4v) is 2.34. The highest BCUT2D eigenvalue weighted by Gasteiger charge is 2.19. The monoisotopic (exact) mass is 348 g/mol. The van der Waals surface area contributed by atoms with Crippen molar-refractivity contribution in [3.63, 3.8) is 0 Å². The molecule has 0 aliphatic heterocycles. The Hall–Kier alpha value is -2.34. The molecule has 6 heteroatoms. The van der Waals surface area contributed by atoms with E-state index in [1.165, 1.54) is 24.1 Å². The van der Waals surface area contributed by atoms with Crippen LogP contribution in [0.3, 0.4) is 0 Å². The number of halogens is 1. The molecular formula is C15H13BrN2O3. The van der Waals surface area contributed by atoms with Crippen LogP contribution in [0, 0.1) is 0 Å². The summed E-state index contributed by atoms with van der Waals surface area (Å²) < 4.78 is 0.775. The van der Waals surface area contributed by atoms with Crippen molar-refractivity contribution in [3.05, 3.63) is 58.1 Å². The maximum atomic E-state index is 12.4. The highest BCUT2D eigenvalue weighted by Crippen LogP contribution is 2.24. The van der Waals surface area contributed by atoms with E-state index in [4.69, 9.17) is 5.73 Å². The van der Waals surface area contributed by atoms with Crippen LogP contribution >= 0.6 is 15.9 Å². The predicted octanol–water partition coefficient (Wildman–Crippen LogP) is 3.01. The molecule has 2 aromatic rings. The molecule has 0 heterocycles. The minimum atomic E-state index is -1.13. The van der Waals surface area contributed by atoms with Crippen LogP contribution in [0.1, 0.15) is 20.7 Å². The first-order valence-electron chi connectivity index (χ1n) is 6.06. The summed E-state index contributed by atoms with van der Waals surface area (Å²) in [5.74, 6) is -1.44. The molecule has 0 aliphatic carbocycles. The molecule has 108 valence electrons. The Morgan fingerprint density at radius 1 is 1.19 bits per heavy atom. The largest absolute Gasteiger partial charge is 0.478 e. The van der Waals surface area contributed by atoms with Gasteiger partial charge in [-0.05, 0) is 36.4 Å². The molecule has 0 fully saturated rings. The summed E-state index contributed by atoms with van der Waals surface area (Å²) in [7, 11) is 1.53. The smallest absolute Gasteiger partial charge is 0.337 e. The van der Waals surface area contributed by atoms with Crippen LogP contribution in [-0.2, 0) is 0 Å². The molecule has 0 aromatic heterocycles. The summed E-state index contributed by atoms with van der Waals surface area (Å²) in [5.41, 5.74) is 6.67. The van der Waals surface area contributed by atoms with Crippen LogP contribution in [0.2, 0.25) is 0 Å². The average Bonchev–Trinajstić information content (AvgIpc) is 2.45. The van der Waals surface area contributed by atoms with Crippen LogP contribution in [-0.4, -0.2) is 24.0 Å². The van der Waals surface area contributed by atoms with Crippen molar-refractivity contribution in [1.29, 1.82) is 0 Å². The van der Waals surface area contributed by atoms with Crippen molar-refractivity contribution in [2.45, 2.75) is 0 Å². The highest BCUT2D eigenvalue weighted by atomic mass is 79.9. The zero-order valence-electron chi connectivity index (χ0n) is 11.2. The zero-order chi connectivity index (χ0) is 15.6. The lowest BCUT2D eigenvalue weighted by Gasteiger charge is -2.20. The second-order valence-electron chi connectivity index (χ2n) is 4.46. The van der Waals surface area contributed by atoms with E-state index in [0.29, 0.717) is 16.9 Å². The Labute approximate surface area is 130 Å². The van der Waals surface area contributed by atoms with Gasteiger partial charge in [-0.25, -0.2) is 4.79 Å². The lowest BCUT2D eigenvalue weighted by atomic mass is 10.1. The van der Waals surface area contributed by atoms with Gasteiger partial charge in [-0.1, -0.05) is 22.0 Å². The number of anilines is 2. The summed E-state index contributed by atoms with van der Waals surface area (Å²) in [5, 5.41) is 9.23. The van der Waals surface area contributed by atoms with E-state index in [0.717, 1.165) is 4.47 Å². The van der Waals surface area contributed by atoms with Gasteiger partial charge in [0.05, 0.1) is 11.3 Å². The molecular weight excluding hydrogens is 336 g/mol. The lowest BCUT2D eigenvalue weighted by Crippen LogP contribution is -2.28. The third kappa shape index (κ3) is 3.22. The minimum absolute atomic E-state index is 0.0131. The van der Waals surface area contributed by atoms with Gasteiger partial charge in [-0.15, -0.1) is 0 Å². The number of hydrogen-bond donors (Lipinski definition) is 2. The average molecular weight is 349 g/mol. The number of amides is 1. The molecule has 2 aromatic carbocycles. The first kappa shape index (κ1) is 15.1. The Balaban J connectivity index is 2.42.